The zero-order valence-corrected chi connectivity index (χ0v) is 16.6. The predicted molar refractivity (Wildman–Crippen MR) is 107 cm³/mol. The molecule has 0 unspecified atom stereocenters. The van der Waals surface area contributed by atoms with E-state index in [1.54, 1.807) is 25.3 Å². The fraction of sp³-hybridized carbons (Fsp3) is 0.158. The van der Waals surface area contributed by atoms with Crippen molar-refractivity contribution in [2.75, 3.05) is 20.0 Å². The molecule has 134 valence electrons. The molecule has 3 aromatic rings. The Morgan fingerprint density at radius 3 is 2.62 bits per heavy atom. The summed E-state index contributed by atoms with van der Waals surface area (Å²) in [5.41, 5.74) is 2.42. The number of aromatic nitrogens is 1. The lowest BCUT2D eigenvalue weighted by Gasteiger charge is -2.09. The number of hydrogen-bond acceptors (Lipinski definition) is 6. The Bertz CT molecular complexity index is 909. The predicted octanol–water partition coefficient (Wildman–Crippen LogP) is 5.46. The van der Waals surface area contributed by atoms with Gasteiger partial charge in [-0.15, -0.1) is 11.3 Å². The van der Waals surface area contributed by atoms with Crippen LogP contribution in [0.3, 0.4) is 0 Å². The van der Waals surface area contributed by atoms with Crippen LogP contribution < -0.4 is 9.47 Å². The fourth-order valence-electron chi connectivity index (χ4n) is 2.31. The second-order valence-electron chi connectivity index (χ2n) is 5.28. The second kappa shape index (κ2) is 8.58. The van der Waals surface area contributed by atoms with E-state index in [1.165, 1.54) is 30.2 Å². The molecule has 2 aromatic carbocycles. The molecule has 0 N–H and O–H groups in total. The number of nitrogens with zero attached hydrogens (tertiary/aromatic N) is 1. The van der Waals surface area contributed by atoms with Gasteiger partial charge < -0.3 is 9.47 Å². The first-order chi connectivity index (χ1) is 12.6. The highest BCUT2D eigenvalue weighted by molar-refractivity contribution is 8.01. The first kappa shape index (κ1) is 18.8. The quantitative estimate of drug-likeness (QED) is 0.386. The number of halogens is 1. The maximum atomic E-state index is 12.5. The first-order valence-corrected chi connectivity index (χ1v) is 9.94. The van der Waals surface area contributed by atoms with E-state index in [0.29, 0.717) is 22.1 Å². The van der Waals surface area contributed by atoms with E-state index in [4.69, 9.17) is 21.1 Å². The lowest BCUT2D eigenvalue weighted by molar-refractivity contribution is 0.101. The summed E-state index contributed by atoms with van der Waals surface area (Å²) in [6, 6.07) is 12.7. The van der Waals surface area contributed by atoms with E-state index in [9.17, 15) is 4.79 Å². The number of thiazole rings is 1. The number of ether oxygens (including phenoxy) is 2. The summed E-state index contributed by atoms with van der Waals surface area (Å²) in [7, 11) is 3.12. The van der Waals surface area contributed by atoms with Crippen LogP contribution in [-0.2, 0) is 0 Å². The molecule has 0 bridgehead atoms. The van der Waals surface area contributed by atoms with Gasteiger partial charge in [-0.25, -0.2) is 4.98 Å². The molecule has 0 atom stereocenters. The highest BCUT2D eigenvalue weighted by atomic mass is 35.5. The molecule has 0 spiro atoms. The number of ketones is 1. The van der Waals surface area contributed by atoms with E-state index < -0.39 is 0 Å². The molecule has 3 rings (SSSR count). The van der Waals surface area contributed by atoms with Gasteiger partial charge in [0.15, 0.2) is 10.1 Å². The molecule has 0 aliphatic rings. The fourth-order valence-corrected chi connectivity index (χ4v) is 4.16. The standard InChI is InChI=1S/C19H16ClNO3S2/c1-23-14-7-8-15(18(9-14)24-2)17(22)11-26-19-21-16(10-25-19)12-3-5-13(20)6-4-12/h3-10H,11H2,1-2H3. The van der Waals surface area contributed by atoms with Crippen molar-refractivity contribution in [1.82, 2.24) is 4.98 Å². The Morgan fingerprint density at radius 1 is 1.15 bits per heavy atom. The van der Waals surface area contributed by atoms with E-state index in [-0.39, 0.29) is 11.5 Å². The van der Waals surface area contributed by atoms with Gasteiger partial charge in [0.1, 0.15) is 11.5 Å². The van der Waals surface area contributed by atoms with Crippen LogP contribution in [0.2, 0.25) is 5.02 Å². The van der Waals surface area contributed by atoms with Crippen molar-refractivity contribution in [3.8, 4) is 22.8 Å². The minimum Gasteiger partial charge on any atom is -0.497 e. The Labute approximate surface area is 165 Å². The lowest BCUT2D eigenvalue weighted by atomic mass is 10.1. The van der Waals surface area contributed by atoms with Crippen molar-refractivity contribution in [3.63, 3.8) is 0 Å². The number of carbonyl (C=O) groups excluding carboxylic acids is 1. The summed E-state index contributed by atoms with van der Waals surface area (Å²) in [6.45, 7) is 0. The summed E-state index contributed by atoms with van der Waals surface area (Å²) in [6.07, 6.45) is 0. The molecule has 0 saturated carbocycles. The Kier molecular flexibility index (Phi) is 6.19. The maximum absolute atomic E-state index is 12.5. The monoisotopic (exact) mass is 405 g/mol. The number of methoxy groups -OCH3 is 2. The van der Waals surface area contributed by atoms with Gasteiger partial charge in [-0.3, -0.25) is 4.79 Å². The molecule has 7 heteroatoms. The first-order valence-electron chi connectivity index (χ1n) is 7.70. The minimum absolute atomic E-state index is 0.0160. The van der Waals surface area contributed by atoms with Crippen molar-refractivity contribution in [1.29, 1.82) is 0 Å². The highest BCUT2D eigenvalue weighted by Crippen LogP contribution is 2.31. The van der Waals surface area contributed by atoms with E-state index in [0.717, 1.165) is 15.6 Å². The third kappa shape index (κ3) is 4.38. The smallest absolute Gasteiger partial charge is 0.176 e. The average molecular weight is 406 g/mol. The average Bonchev–Trinajstić information content (AvgIpc) is 3.15. The Balaban J connectivity index is 1.68. The van der Waals surface area contributed by atoms with Crippen LogP contribution in [0, 0.1) is 0 Å². The number of thioether (sulfide) groups is 1. The van der Waals surface area contributed by atoms with Crippen LogP contribution in [0.1, 0.15) is 10.4 Å². The van der Waals surface area contributed by atoms with Crippen LogP contribution in [0.5, 0.6) is 11.5 Å². The van der Waals surface area contributed by atoms with Crippen LogP contribution in [-0.4, -0.2) is 30.7 Å². The van der Waals surface area contributed by atoms with Crippen molar-refractivity contribution in [2.24, 2.45) is 0 Å². The summed E-state index contributed by atoms with van der Waals surface area (Å²) in [4.78, 5) is 17.1. The summed E-state index contributed by atoms with van der Waals surface area (Å²) in [5, 5.41) is 2.67. The van der Waals surface area contributed by atoms with Gasteiger partial charge in [0, 0.05) is 22.0 Å². The summed E-state index contributed by atoms with van der Waals surface area (Å²) < 4.78 is 11.3. The van der Waals surface area contributed by atoms with Crippen LogP contribution in [0.25, 0.3) is 11.3 Å². The molecule has 4 nitrogen and oxygen atoms in total. The summed E-state index contributed by atoms with van der Waals surface area (Å²) >= 11 is 8.85. The lowest BCUT2D eigenvalue weighted by Crippen LogP contribution is -2.05. The molecule has 0 radical (unpaired) electrons. The third-order valence-corrected chi connectivity index (χ3v) is 5.93. The van der Waals surface area contributed by atoms with E-state index in [2.05, 4.69) is 4.98 Å². The minimum atomic E-state index is -0.0160. The zero-order valence-electron chi connectivity index (χ0n) is 14.2. The van der Waals surface area contributed by atoms with Crippen LogP contribution in [0.15, 0.2) is 52.2 Å². The SMILES string of the molecule is COc1ccc(C(=O)CSc2nc(-c3ccc(Cl)cc3)cs2)c(OC)c1. The molecule has 1 aromatic heterocycles. The summed E-state index contributed by atoms with van der Waals surface area (Å²) in [5.74, 6) is 1.43. The van der Waals surface area contributed by atoms with Crippen molar-refractivity contribution >= 4 is 40.5 Å². The van der Waals surface area contributed by atoms with Gasteiger partial charge in [0.05, 0.1) is 31.2 Å². The van der Waals surface area contributed by atoms with Crippen molar-refractivity contribution in [3.05, 3.63) is 58.4 Å². The zero-order chi connectivity index (χ0) is 18.5. The molecule has 1 heterocycles. The molecule has 0 saturated heterocycles. The molecular formula is C19H16ClNO3S2. The van der Waals surface area contributed by atoms with Gasteiger partial charge >= 0.3 is 0 Å². The Hall–Kier alpha value is -2.02. The highest BCUT2D eigenvalue weighted by Gasteiger charge is 2.15. The number of carbonyl (C=O) groups is 1. The maximum Gasteiger partial charge on any atom is 0.176 e. The Morgan fingerprint density at radius 2 is 1.92 bits per heavy atom. The normalized spacial score (nSPS) is 10.6. The van der Waals surface area contributed by atoms with Gasteiger partial charge in [0.2, 0.25) is 0 Å². The molecule has 26 heavy (non-hydrogen) atoms. The molecule has 0 aliphatic heterocycles. The number of benzene rings is 2. The van der Waals surface area contributed by atoms with Crippen molar-refractivity contribution in [2.45, 2.75) is 4.34 Å². The van der Waals surface area contributed by atoms with Crippen molar-refractivity contribution < 1.29 is 14.3 Å². The van der Waals surface area contributed by atoms with Crippen LogP contribution >= 0.6 is 34.7 Å². The second-order valence-corrected chi connectivity index (χ2v) is 7.80. The van der Waals surface area contributed by atoms with Gasteiger partial charge in [0.25, 0.3) is 0 Å². The molecule has 0 amide bonds. The van der Waals surface area contributed by atoms with Crippen LogP contribution in [0.4, 0.5) is 0 Å². The molecule has 0 fully saturated rings. The van der Waals surface area contributed by atoms with E-state index in [1.807, 2.05) is 29.6 Å². The largest absolute Gasteiger partial charge is 0.497 e. The van der Waals surface area contributed by atoms with E-state index >= 15 is 0 Å². The number of hydrogen-bond donors (Lipinski definition) is 0. The number of Topliss-reactive ketones (excluding diaryl/α,β-unsaturated/α-hetero) is 1. The third-order valence-electron chi connectivity index (χ3n) is 3.66. The molecule has 0 aliphatic carbocycles. The van der Waals surface area contributed by atoms with Gasteiger partial charge in [-0.2, -0.15) is 0 Å². The van der Waals surface area contributed by atoms with Gasteiger partial charge in [-0.1, -0.05) is 35.5 Å². The number of rotatable bonds is 7. The molecular weight excluding hydrogens is 390 g/mol. The van der Waals surface area contributed by atoms with Gasteiger partial charge in [-0.05, 0) is 24.3 Å². The topological polar surface area (TPSA) is 48.4 Å².